The van der Waals surface area contributed by atoms with Gasteiger partial charge in [-0.2, -0.15) is 4.98 Å². The smallest absolute Gasteiger partial charge is 0.341 e. The molecule has 0 atom stereocenters. The highest BCUT2D eigenvalue weighted by Crippen LogP contribution is 2.28. The second-order valence-corrected chi connectivity index (χ2v) is 7.89. The number of carboxylic acids is 1. The number of halogens is 2. The fourth-order valence-electron chi connectivity index (χ4n) is 3.56. The number of aryl methyl sites for hydroxylation is 1. The fraction of sp³-hybridized carbons (Fsp3) is 0.333. The zero-order valence-corrected chi connectivity index (χ0v) is 18.0. The number of nitrogens with zero attached hydrogens (tertiary/aromatic N) is 4. The van der Waals surface area contributed by atoms with E-state index in [0.717, 1.165) is 0 Å². The molecule has 3 aromatic rings. The van der Waals surface area contributed by atoms with Gasteiger partial charge in [-0.15, -0.1) is 0 Å². The Balaban J connectivity index is 1.62. The molecule has 0 aliphatic carbocycles. The molecule has 1 aliphatic rings. The van der Waals surface area contributed by atoms with Crippen LogP contribution in [0.4, 0.5) is 21.8 Å². The third-order valence-corrected chi connectivity index (χ3v) is 5.52. The van der Waals surface area contributed by atoms with Gasteiger partial charge in [-0.3, -0.25) is 4.79 Å². The predicted molar refractivity (Wildman–Crippen MR) is 119 cm³/mol. The number of aliphatic carboxylic acids is 1. The van der Waals surface area contributed by atoms with Gasteiger partial charge in [-0.05, 0) is 37.1 Å². The summed E-state index contributed by atoms with van der Waals surface area (Å²) in [4.78, 5) is 33.9. The molecule has 9 nitrogen and oxygen atoms in total. The molecule has 0 amide bonds. The Hall–Kier alpha value is -3.40. The molecule has 0 saturated carbocycles. The maximum Gasteiger partial charge on any atom is 0.341 e. The van der Waals surface area contributed by atoms with Crippen molar-refractivity contribution in [2.75, 3.05) is 29.9 Å². The lowest BCUT2D eigenvalue weighted by atomic mass is 10.1. The molecule has 0 spiro atoms. The maximum atomic E-state index is 13.4. The molecule has 0 radical (unpaired) electrons. The van der Waals surface area contributed by atoms with E-state index >= 15 is 0 Å². The SMILES string of the molecule is Cn1c(=O)c(OCC(=O)O)cc2cc(Nc3nc(N4CCC(F)CC4)ncc3Cl)ccc21. The third kappa shape index (κ3) is 4.59. The first-order valence-electron chi connectivity index (χ1n) is 9.99. The Bertz CT molecular complexity index is 1230. The van der Waals surface area contributed by atoms with Crippen molar-refractivity contribution in [1.82, 2.24) is 14.5 Å². The number of pyridine rings is 1. The van der Waals surface area contributed by atoms with E-state index in [1.165, 1.54) is 16.8 Å². The van der Waals surface area contributed by atoms with Crippen molar-refractivity contribution < 1.29 is 19.0 Å². The number of hydrogen-bond acceptors (Lipinski definition) is 7. The molecule has 0 unspecified atom stereocenters. The molecule has 11 heteroatoms. The molecule has 1 aromatic carbocycles. The van der Waals surface area contributed by atoms with Gasteiger partial charge in [0.1, 0.15) is 11.2 Å². The molecule has 3 heterocycles. The van der Waals surface area contributed by atoms with Gasteiger partial charge in [0.25, 0.3) is 5.56 Å². The van der Waals surface area contributed by atoms with Crippen molar-refractivity contribution in [2.24, 2.45) is 7.05 Å². The summed E-state index contributed by atoms with van der Waals surface area (Å²) in [6.45, 7) is 0.453. The van der Waals surface area contributed by atoms with E-state index in [0.29, 0.717) is 59.3 Å². The van der Waals surface area contributed by atoms with Crippen LogP contribution in [0.1, 0.15) is 12.8 Å². The zero-order chi connectivity index (χ0) is 22.8. The number of fused-ring (bicyclic) bond motifs is 1. The number of benzene rings is 1. The van der Waals surface area contributed by atoms with Gasteiger partial charge in [0.15, 0.2) is 18.2 Å². The number of carbonyl (C=O) groups is 1. The van der Waals surface area contributed by atoms with Crippen LogP contribution in [0.25, 0.3) is 10.9 Å². The molecule has 2 N–H and O–H groups in total. The Morgan fingerprint density at radius 1 is 1.34 bits per heavy atom. The van der Waals surface area contributed by atoms with Crippen LogP contribution < -0.4 is 20.5 Å². The summed E-state index contributed by atoms with van der Waals surface area (Å²) in [7, 11) is 1.58. The monoisotopic (exact) mass is 461 g/mol. The lowest BCUT2D eigenvalue weighted by molar-refractivity contribution is -0.139. The number of nitrogens with one attached hydrogen (secondary N) is 1. The first-order chi connectivity index (χ1) is 15.3. The van der Waals surface area contributed by atoms with Crippen LogP contribution in [-0.2, 0) is 11.8 Å². The molecular formula is C21H21ClFN5O4. The van der Waals surface area contributed by atoms with Crippen LogP contribution in [0.3, 0.4) is 0 Å². The van der Waals surface area contributed by atoms with Gasteiger partial charge in [0, 0.05) is 31.2 Å². The van der Waals surface area contributed by atoms with E-state index in [1.54, 1.807) is 25.2 Å². The summed E-state index contributed by atoms with van der Waals surface area (Å²) in [5.41, 5.74) is 0.862. The van der Waals surface area contributed by atoms with Gasteiger partial charge >= 0.3 is 5.97 Å². The van der Waals surface area contributed by atoms with Crippen molar-refractivity contribution in [3.05, 3.63) is 45.8 Å². The number of alkyl halides is 1. The quantitative estimate of drug-likeness (QED) is 0.576. The maximum absolute atomic E-state index is 13.4. The van der Waals surface area contributed by atoms with Crippen molar-refractivity contribution in [3.8, 4) is 5.75 Å². The van der Waals surface area contributed by atoms with Crippen LogP contribution in [-0.4, -0.2) is 51.5 Å². The number of aromatic nitrogens is 3. The highest BCUT2D eigenvalue weighted by Gasteiger charge is 2.21. The second kappa shape index (κ2) is 8.99. The summed E-state index contributed by atoms with van der Waals surface area (Å²) >= 11 is 6.28. The molecule has 1 fully saturated rings. The van der Waals surface area contributed by atoms with Crippen molar-refractivity contribution >= 4 is 45.9 Å². The van der Waals surface area contributed by atoms with Crippen LogP contribution in [0.5, 0.6) is 5.75 Å². The van der Waals surface area contributed by atoms with E-state index in [4.69, 9.17) is 21.4 Å². The fourth-order valence-corrected chi connectivity index (χ4v) is 3.69. The minimum absolute atomic E-state index is 0.0572. The molecule has 168 valence electrons. The Morgan fingerprint density at radius 2 is 2.09 bits per heavy atom. The molecule has 4 rings (SSSR count). The summed E-state index contributed by atoms with van der Waals surface area (Å²) < 4.78 is 20.0. The van der Waals surface area contributed by atoms with Gasteiger partial charge in [-0.1, -0.05) is 11.6 Å². The number of rotatable bonds is 6. The number of anilines is 3. The van der Waals surface area contributed by atoms with Crippen molar-refractivity contribution in [1.29, 1.82) is 0 Å². The first kappa shape index (κ1) is 21.8. The molecule has 1 saturated heterocycles. The lowest BCUT2D eigenvalue weighted by Crippen LogP contribution is -2.35. The average molecular weight is 462 g/mol. The molecule has 2 aromatic heterocycles. The summed E-state index contributed by atoms with van der Waals surface area (Å²) in [6.07, 6.45) is 1.57. The Labute approximate surface area is 187 Å². The minimum Gasteiger partial charge on any atom is -0.479 e. The van der Waals surface area contributed by atoms with E-state index in [2.05, 4.69) is 15.3 Å². The van der Waals surface area contributed by atoms with Crippen LogP contribution in [0.2, 0.25) is 5.02 Å². The highest BCUT2D eigenvalue weighted by molar-refractivity contribution is 6.32. The van der Waals surface area contributed by atoms with E-state index in [9.17, 15) is 14.0 Å². The van der Waals surface area contributed by atoms with Gasteiger partial charge in [-0.25, -0.2) is 14.2 Å². The Morgan fingerprint density at radius 3 is 2.81 bits per heavy atom. The largest absolute Gasteiger partial charge is 0.479 e. The molecular weight excluding hydrogens is 441 g/mol. The summed E-state index contributed by atoms with van der Waals surface area (Å²) in [5, 5.41) is 13.0. The minimum atomic E-state index is -1.17. The summed E-state index contributed by atoms with van der Waals surface area (Å²) in [6, 6.07) is 6.79. The Kier molecular flexibility index (Phi) is 6.13. The molecule has 1 aliphatic heterocycles. The molecule has 0 bridgehead atoms. The van der Waals surface area contributed by atoms with E-state index in [-0.39, 0.29) is 5.75 Å². The topological polar surface area (TPSA) is 110 Å². The van der Waals surface area contributed by atoms with Crippen LogP contribution >= 0.6 is 11.6 Å². The highest BCUT2D eigenvalue weighted by atomic mass is 35.5. The van der Waals surface area contributed by atoms with Gasteiger partial charge in [0.05, 0.1) is 11.7 Å². The standard InChI is InChI=1S/C21H21ClFN5O4/c1-27-16-3-2-14(8-12(16)9-17(20(27)31)32-11-18(29)30)25-19-15(22)10-24-21(26-19)28-6-4-13(23)5-7-28/h2-3,8-10,13H,4-7,11H2,1H3,(H,29,30)(H,24,25,26). The number of piperidine rings is 1. The van der Waals surface area contributed by atoms with Crippen molar-refractivity contribution in [2.45, 2.75) is 19.0 Å². The van der Waals surface area contributed by atoms with Crippen LogP contribution in [0.15, 0.2) is 35.3 Å². The number of hydrogen-bond donors (Lipinski definition) is 2. The summed E-state index contributed by atoms with van der Waals surface area (Å²) in [5.74, 6) is -0.368. The second-order valence-electron chi connectivity index (χ2n) is 7.48. The normalized spacial score (nSPS) is 14.5. The third-order valence-electron chi connectivity index (χ3n) is 5.24. The zero-order valence-electron chi connectivity index (χ0n) is 17.2. The van der Waals surface area contributed by atoms with Gasteiger partial charge < -0.3 is 24.6 Å². The molecule has 32 heavy (non-hydrogen) atoms. The van der Waals surface area contributed by atoms with Crippen LogP contribution in [0, 0.1) is 0 Å². The number of carboxylic acid groups (broad SMARTS) is 1. The average Bonchev–Trinajstić information content (AvgIpc) is 2.77. The lowest BCUT2D eigenvalue weighted by Gasteiger charge is -2.28. The van der Waals surface area contributed by atoms with Gasteiger partial charge in [0.2, 0.25) is 5.95 Å². The van der Waals surface area contributed by atoms with E-state index in [1.807, 2.05) is 4.90 Å². The van der Waals surface area contributed by atoms with Crippen molar-refractivity contribution in [3.63, 3.8) is 0 Å². The predicted octanol–water partition coefficient (Wildman–Crippen LogP) is 3.13. The van der Waals surface area contributed by atoms with E-state index < -0.39 is 24.3 Å². The first-order valence-corrected chi connectivity index (χ1v) is 10.4. The number of ether oxygens (including phenoxy) is 1.